The van der Waals surface area contributed by atoms with Crippen molar-refractivity contribution in [2.24, 2.45) is 0 Å². The van der Waals surface area contributed by atoms with Crippen LogP contribution in [0.2, 0.25) is 0 Å². The Labute approximate surface area is 168 Å². The smallest absolute Gasteiger partial charge is 0.293 e. The maximum absolute atomic E-state index is 12.4. The van der Waals surface area contributed by atoms with Gasteiger partial charge in [0.25, 0.3) is 11.1 Å². The van der Waals surface area contributed by atoms with Crippen molar-refractivity contribution >= 4 is 29.0 Å². The highest BCUT2D eigenvalue weighted by Gasteiger charge is 2.34. The molecule has 0 atom stereocenters. The van der Waals surface area contributed by atoms with Gasteiger partial charge < -0.3 is 9.47 Å². The Hall–Kier alpha value is -2.99. The first-order valence-corrected chi connectivity index (χ1v) is 9.74. The van der Waals surface area contributed by atoms with Gasteiger partial charge in [-0.05, 0) is 48.0 Å². The third-order valence-corrected chi connectivity index (χ3v) is 4.90. The Morgan fingerprint density at radius 2 is 1.86 bits per heavy atom. The Kier molecular flexibility index (Phi) is 6.55. The summed E-state index contributed by atoms with van der Waals surface area (Å²) in [5, 5.41) is -0.288. The molecule has 0 spiro atoms. The van der Waals surface area contributed by atoms with Crippen molar-refractivity contribution < 1.29 is 19.1 Å². The van der Waals surface area contributed by atoms with E-state index in [0.29, 0.717) is 29.6 Å². The summed E-state index contributed by atoms with van der Waals surface area (Å²) in [6, 6.07) is 15.3. The number of thioether (sulfide) groups is 1. The van der Waals surface area contributed by atoms with E-state index in [9.17, 15) is 9.59 Å². The summed E-state index contributed by atoms with van der Waals surface area (Å²) in [6.07, 6.45) is 3.23. The normalized spacial score (nSPS) is 15.2. The highest BCUT2D eigenvalue weighted by atomic mass is 32.2. The van der Waals surface area contributed by atoms with E-state index in [1.807, 2.05) is 55.5 Å². The minimum atomic E-state index is -0.308. The third-order valence-electron chi connectivity index (χ3n) is 3.99. The van der Waals surface area contributed by atoms with Crippen molar-refractivity contribution in [3.05, 3.63) is 77.2 Å². The summed E-state index contributed by atoms with van der Waals surface area (Å²) in [6.45, 7) is 6.60. The number of carbonyl (C=O) groups excluding carboxylic acids is 2. The van der Waals surface area contributed by atoms with Gasteiger partial charge >= 0.3 is 0 Å². The van der Waals surface area contributed by atoms with Crippen molar-refractivity contribution in [2.75, 3.05) is 13.2 Å². The largest absolute Gasteiger partial charge is 0.490 e. The van der Waals surface area contributed by atoms with Gasteiger partial charge in [-0.1, -0.05) is 42.5 Å². The first-order valence-electron chi connectivity index (χ1n) is 8.92. The van der Waals surface area contributed by atoms with E-state index in [1.54, 1.807) is 6.08 Å². The summed E-state index contributed by atoms with van der Waals surface area (Å²) in [4.78, 5) is 25.9. The highest BCUT2D eigenvalue weighted by molar-refractivity contribution is 8.18. The predicted octanol–water partition coefficient (Wildman–Crippen LogP) is 4.89. The maximum atomic E-state index is 12.4. The quantitative estimate of drug-likeness (QED) is 0.471. The lowest BCUT2D eigenvalue weighted by Gasteiger charge is -2.13. The molecule has 0 radical (unpaired) electrons. The maximum Gasteiger partial charge on any atom is 0.293 e. The van der Waals surface area contributed by atoms with Crippen LogP contribution in [0.3, 0.4) is 0 Å². The second-order valence-corrected chi connectivity index (χ2v) is 6.99. The molecule has 1 aliphatic rings. The van der Waals surface area contributed by atoms with Crippen molar-refractivity contribution in [3.8, 4) is 11.5 Å². The number of nitrogens with zero attached hydrogens (tertiary/aromatic N) is 1. The zero-order chi connectivity index (χ0) is 19.9. The SMILES string of the molecule is C=CCN1C(=O)S/C(=C/c2ccc(OCc3ccccc3)c(OCC)c2)C1=O. The summed E-state index contributed by atoms with van der Waals surface area (Å²) in [5.41, 5.74) is 1.82. The van der Waals surface area contributed by atoms with Crippen LogP contribution in [0.4, 0.5) is 4.79 Å². The molecular weight excluding hydrogens is 374 g/mol. The molecule has 1 saturated heterocycles. The molecule has 144 valence electrons. The van der Waals surface area contributed by atoms with Crippen LogP contribution in [0.5, 0.6) is 11.5 Å². The van der Waals surface area contributed by atoms with Gasteiger partial charge in [0.05, 0.1) is 11.5 Å². The van der Waals surface area contributed by atoms with Crippen LogP contribution >= 0.6 is 11.8 Å². The van der Waals surface area contributed by atoms with E-state index < -0.39 is 0 Å². The third kappa shape index (κ3) is 4.64. The zero-order valence-electron chi connectivity index (χ0n) is 15.6. The Balaban J connectivity index is 1.79. The van der Waals surface area contributed by atoms with Gasteiger partial charge in [0.1, 0.15) is 6.61 Å². The molecule has 0 saturated carbocycles. The van der Waals surface area contributed by atoms with Crippen molar-refractivity contribution in [3.63, 3.8) is 0 Å². The number of benzene rings is 2. The number of rotatable bonds is 8. The molecule has 3 rings (SSSR count). The monoisotopic (exact) mass is 395 g/mol. The zero-order valence-corrected chi connectivity index (χ0v) is 16.4. The molecule has 2 aromatic carbocycles. The van der Waals surface area contributed by atoms with Crippen molar-refractivity contribution in [1.82, 2.24) is 4.90 Å². The van der Waals surface area contributed by atoms with Crippen LogP contribution in [-0.4, -0.2) is 29.2 Å². The molecule has 6 heteroatoms. The minimum absolute atomic E-state index is 0.207. The molecule has 0 aromatic heterocycles. The molecule has 28 heavy (non-hydrogen) atoms. The summed E-state index contributed by atoms with van der Waals surface area (Å²) < 4.78 is 11.6. The topological polar surface area (TPSA) is 55.8 Å². The number of imide groups is 1. The van der Waals surface area contributed by atoms with Gasteiger partial charge in [0.2, 0.25) is 0 Å². The van der Waals surface area contributed by atoms with E-state index in [4.69, 9.17) is 9.47 Å². The van der Waals surface area contributed by atoms with E-state index in [-0.39, 0.29) is 17.7 Å². The van der Waals surface area contributed by atoms with Gasteiger partial charge in [-0.2, -0.15) is 0 Å². The van der Waals surface area contributed by atoms with Crippen molar-refractivity contribution in [2.45, 2.75) is 13.5 Å². The van der Waals surface area contributed by atoms with Crippen LogP contribution in [0.15, 0.2) is 66.1 Å². The summed E-state index contributed by atoms with van der Waals surface area (Å²) in [7, 11) is 0. The lowest BCUT2D eigenvalue weighted by atomic mass is 10.1. The fourth-order valence-corrected chi connectivity index (χ4v) is 3.52. The number of hydrogen-bond acceptors (Lipinski definition) is 5. The number of ether oxygens (including phenoxy) is 2. The van der Waals surface area contributed by atoms with E-state index in [1.165, 1.54) is 11.0 Å². The molecule has 2 amide bonds. The van der Waals surface area contributed by atoms with Gasteiger partial charge in [-0.25, -0.2) is 0 Å². The molecular formula is C22H21NO4S. The van der Waals surface area contributed by atoms with E-state index in [0.717, 1.165) is 22.9 Å². The van der Waals surface area contributed by atoms with Gasteiger partial charge in [-0.3, -0.25) is 14.5 Å². The Bertz CT molecular complexity index is 908. The van der Waals surface area contributed by atoms with E-state index in [2.05, 4.69) is 6.58 Å². The Morgan fingerprint density at radius 1 is 1.07 bits per heavy atom. The first kappa shape index (κ1) is 19.8. The fourth-order valence-electron chi connectivity index (χ4n) is 2.68. The molecule has 1 aliphatic heterocycles. The molecule has 1 heterocycles. The van der Waals surface area contributed by atoms with Crippen LogP contribution < -0.4 is 9.47 Å². The van der Waals surface area contributed by atoms with Gasteiger partial charge in [0.15, 0.2) is 11.5 Å². The highest BCUT2D eigenvalue weighted by Crippen LogP contribution is 2.34. The van der Waals surface area contributed by atoms with Crippen LogP contribution in [0.1, 0.15) is 18.1 Å². The second-order valence-electron chi connectivity index (χ2n) is 5.99. The Morgan fingerprint density at radius 3 is 2.57 bits per heavy atom. The van der Waals surface area contributed by atoms with Gasteiger partial charge in [0, 0.05) is 6.54 Å². The number of amides is 2. The first-order chi connectivity index (χ1) is 13.6. The second kappa shape index (κ2) is 9.28. The summed E-state index contributed by atoms with van der Waals surface area (Å²) >= 11 is 0.926. The van der Waals surface area contributed by atoms with E-state index >= 15 is 0 Å². The molecule has 0 N–H and O–H groups in total. The average Bonchev–Trinajstić information content (AvgIpc) is 2.96. The molecule has 2 aromatic rings. The van der Waals surface area contributed by atoms with Gasteiger partial charge in [-0.15, -0.1) is 6.58 Å². The van der Waals surface area contributed by atoms with Crippen LogP contribution in [0, 0.1) is 0 Å². The predicted molar refractivity (Wildman–Crippen MR) is 111 cm³/mol. The summed E-state index contributed by atoms with van der Waals surface area (Å²) in [5.74, 6) is 0.914. The average molecular weight is 395 g/mol. The number of hydrogen-bond donors (Lipinski definition) is 0. The fraction of sp³-hybridized carbons (Fsp3) is 0.182. The molecule has 5 nitrogen and oxygen atoms in total. The lowest BCUT2D eigenvalue weighted by Crippen LogP contribution is -2.27. The number of carbonyl (C=O) groups is 2. The standard InChI is InChI=1S/C22H21NO4S/c1-3-12-23-21(24)20(28-22(23)25)14-17-10-11-18(19(13-17)26-4-2)27-15-16-8-6-5-7-9-16/h3,5-11,13-14H,1,4,12,15H2,2H3/b20-14+. The molecule has 0 bridgehead atoms. The minimum Gasteiger partial charge on any atom is -0.490 e. The lowest BCUT2D eigenvalue weighted by molar-refractivity contribution is -0.122. The molecule has 0 aliphatic carbocycles. The van der Waals surface area contributed by atoms with Crippen LogP contribution in [0.25, 0.3) is 6.08 Å². The van der Waals surface area contributed by atoms with Crippen molar-refractivity contribution in [1.29, 1.82) is 0 Å². The van der Waals surface area contributed by atoms with Crippen LogP contribution in [-0.2, 0) is 11.4 Å². The molecule has 1 fully saturated rings. The molecule has 0 unspecified atom stereocenters.